The maximum Gasteiger partial charge on any atom is 0.248 e. The molecule has 188 valence electrons. The van der Waals surface area contributed by atoms with Crippen LogP contribution in [0.15, 0.2) is 138 Å². The molecule has 4 heterocycles. The van der Waals surface area contributed by atoms with Crippen LogP contribution in [0.4, 0.5) is 0 Å². The molecule has 8 rings (SSSR count). The smallest absolute Gasteiger partial charge is 0.248 e. The lowest BCUT2D eigenvalue weighted by atomic mass is 10.0. The molecule has 0 spiro atoms. The zero-order chi connectivity index (χ0) is 26.5. The summed E-state index contributed by atoms with van der Waals surface area (Å²) in [6, 6.07) is 42.2. The second kappa shape index (κ2) is 9.03. The molecule has 40 heavy (non-hydrogen) atoms. The number of nitrogens with zero attached hydrogens (tertiary/aromatic N) is 4. The van der Waals surface area contributed by atoms with Gasteiger partial charge in [0.2, 0.25) is 11.6 Å². The molecular formula is C35H22N4O. The van der Waals surface area contributed by atoms with Crippen LogP contribution in [0.5, 0.6) is 0 Å². The maximum atomic E-state index is 5.84. The molecule has 0 N–H and O–H groups in total. The quantitative estimate of drug-likeness (QED) is 0.236. The second-order valence-electron chi connectivity index (χ2n) is 9.78. The monoisotopic (exact) mass is 514 g/mol. The van der Waals surface area contributed by atoms with Crippen LogP contribution in [-0.4, -0.2) is 19.5 Å². The van der Waals surface area contributed by atoms with Crippen LogP contribution in [0.25, 0.3) is 72.6 Å². The number of rotatable bonds is 4. The summed E-state index contributed by atoms with van der Waals surface area (Å²) in [7, 11) is 0. The number of hydrogen-bond acceptors (Lipinski definition) is 4. The normalized spacial score (nSPS) is 11.5. The van der Waals surface area contributed by atoms with Crippen molar-refractivity contribution in [1.82, 2.24) is 19.5 Å². The van der Waals surface area contributed by atoms with Crippen molar-refractivity contribution in [3.05, 3.63) is 134 Å². The largest absolute Gasteiger partial charge is 0.416 e. The van der Waals surface area contributed by atoms with Crippen LogP contribution in [0, 0.1) is 0 Å². The average Bonchev–Trinajstić information content (AvgIpc) is 3.61. The van der Waals surface area contributed by atoms with Crippen LogP contribution >= 0.6 is 0 Å². The van der Waals surface area contributed by atoms with E-state index in [1.807, 2.05) is 36.5 Å². The summed E-state index contributed by atoms with van der Waals surface area (Å²) in [6.45, 7) is 0. The van der Waals surface area contributed by atoms with Gasteiger partial charge in [-0.1, -0.05) is 72.8 Å². The minimum absolute atomic E-state index is 0.461. The molecule has 0 saturated heterocycles. The molecule has 0 aliphatic rings. The number of pyridine rings is 2. The molecule has 0 saturated carbocycles. The summed E-state index contributed by atoms with van der Waals surface area (Å²) >= 11 is 0. The number of oxazole rings is 1. The highest BCUT2D eigenvalue weighted by Crippen LogP contribution is 2.37. The molecule has 0 amide bonds. The van der Waals surface area contributed by atoms with Gasteiger partial charge < -0.3 is 8.98 Å². The van der Waals surface area contributed by atoms with Gasteiger partial charge in [-0.2, -0.15) is 0 Å². The van der Waals surface area contributed by atoms with E-state index in [4.69, 9.17) is 9.40 Å². The molecule has 0 bridgehead atoms. The Morgan fingerprint density at radius 2 is 1.20 bits per heavy atom. The number of aromatic nitrogens is 4. The zero-order valence-corrected chi connectivity index (χ0v) is 21.4. The van der Waals surface area contributed by atoms with Crippen molar-refractivity contribution in [3.63, 3.8) is 0 Å². The fourth-order valence-corrected chi connectivity index (χ4v) is 5.45. The molecule has 0 aliphatic heterocycles. The van der Waals surface area contributed by atoms with Gasteiger partial charge in [0.15, 0.2) is 0 Å². The van der Waals surface area contributed by atoms with Gasteiger partial charge in [-0.3, -0.25) is 0 Å². The third-order valence-electron chi connectivity index (χ3n) is 7.37. The first-order chi connectivity index (χ1) is 19.8. The summed E-state index contributed by atoms with van der Waals surface area (Å²) in [5, 5.41) is 2.39. The van der Waals surface area contributed by atoms with Crippen molar-refractivity contribution in [1.29, 1.82) is 0 Å². The number of hydrogen-bond donors (Lipinski definition) is 0. The molecule has 4 aromatic carbocycles. The summed E-state index contributed by atoms with van der Waals surface area (Å²) < 4.78 is 8.12. The van der Waals surface area contributed by atoms with Gasteiger partial charge in [0.05, 0.1) is 22.9 Å². The lowest BCUT2D eigenvalue weighted by Crippen LogP contribution is -1.95. The van der Waals surface area contributed by atoms with Gasteiger partial charge in [-0.25, -0.2) is 15.0 Å². The van der Waals surface area contributed by atoms with Crippen LogP contribution in [0.1, 0.15) is 0 Å². The van der Waals surface area contributed by atoms with E-state index in [0.29, 0.717) is 22.8 Å². The Kier molecular flexibility index (Phi) is 5.07. The first kappa shape index (κ1) is 22.4. The molecule has 0 fully saturated rings. The van der Waals surface area contributed by atoms with E-state index in [9.17, 15) is 0 Å². The molecule has 5 nitrogen and oxygen atoms in total. The average molecular weight is 515 g/mol. The van der Waals surface area contributed by atoms with E-state index in [2.05, 4.69) is 106 Å². The molecule has 0 radical (unpaired) electrons. The SMILES string of the molecule is c1ccc(-c2ccc3c(c2)c2cc(-c4ccccc4)ccc2n3-c2ccc(-c3nc4cccnc4o3)nc2)cc1. The van der Waals surface area contributed by atoms with Gasteiger partial charge in [-0.15, -0.1) is 0 Å². The van der Waals surface area contributed by atoms with Gasteiger partial charge in [-0.05, 0) is 70.8 Å². The highest BCUT2D eigenvalue weighted by Gasteiger charge is 2.16. The summed E-state index contributed by atoms with van der Waals surface area (Å²) in [6.07, 6.45) is 3.58. The highest BCUT2D eigenvalue weighted by molar-refractivity contribution is 6.11. The first-order valence-electron chi connectivity index (χ1n) is 13.2. The predicted molar refractivity (Wildman–Crippen MR) is 160 cm³/mol. The van der Waals surface area contributed by atoms with Gasteiger partial charge >= 0.3 is 0 Å². The van der Waals surface area contributed by atoms with Crippen LogP contribution in [-0.2, 0) is 0 Å². The predicted octanol–water partition coefficient (Wildman–Crippen LogP) is 8.72. The fraction of sp³-hybridized carbons (Fsp3) is 0. The van der Waals surface area contributed by atoms with Crippen LogP contribution in [0.3, 0.4) is 0 Å². The zero-order valence-electron chi connectivity index (χ0n) is 21.4. The fourth-order valence-electron chi connectivity index (χ4n) is 5.45. The van der Waals surface area contributed by atoms with Crippen molar-refractivity contribution in [2.45, 2.75) is 0 Å². The van der Waals surface area contributed by atoms with Crippen molar-refractivity contribution in [3.8, 4) is 39.5 Å². The van der Waals surface area contributed by atoms with Crippen molar-refractivity contribution >= 4 is 33.0 Å². The van der Waals surface area contributed by atoms with E-state index < -0.39 is 0 Å². The third-order valence-corrected chi connectivity index (χ3v) is 7.37. The Balaban J connectivity index is 1.31. The summed E-state index contributed by atoms with van der Waals surface area (Å²) in [5.41, 5.74) is 9.89. The first-order valence-corrected chi connectivity index (χ1v) is 13.2. The Bertz CT molecular complexity index is 2010. The number of fused-ring (bicyclic) bond motifs is 4. The van der Waals surface area contributed by atoms with Gasteiger partial charge in [0.1, 0.15) is 11.2 Å². The molecule has 0 unspecified atom stereocenters. The molecule has 8 aromatic rings. The lowest BCUT2D eigenvalue weighted by Gasteiger charge is -2.09. The van der Waals surface area contributed by atoms with E-state index >= 15 is 0 Å². The van der Waals surface area contributed by atoms with E-state index in [-0.39, 0.29) is 0 Å². The van der Waals surface area contributed by atoms with Crippen molar-refractivity contribution < 1.29 is 4.42 Å². The topological polar surface area (TPSA) is 56.7 Å². The summed E-state index contributed by atoms with van der Waals surface area (Å²) in [5.74, 6) is 0.461. The molecule has 5 heteroatoms. The minimum Gasteiger partial charge on any atom is -0.416 e. The Hall–Kier alpha value is -5.55. The standard InChI is InChI=1S/C35H22N4O/c1-3-8-23(9-4-1)25-13-17-32-28(20-25)29-21-26(24-10-5-2-6-11-24)14-18-33(29)39(32)27-15-16-30(37-22-27)35-38-31-12-7-19-36-34(31)40-35/h1-22H. The highest BCUT2D eigenvalue weighted by atomic mass is 16.4. The number of benzene rings is 4. The lowest BCUT2D eigenvalue weighted by molar-refractivity contribution is 0.605. The van der Waals surface area contributed by atoms with Crippen molar-refractivity contribution in [2.75, 3.05) is 0 Å². The van der Waals surface area contributed by atoms with Crippen LogP contribution < -0.4 is 0 Å². The van der Waals surface area contributed by atoms with E-state index in [1.54, 1.807) is 6.20 Å². The molecule has 0 atom stereocenters. The van der Waals surface area contributed by atoms with Gasteiger partial charge in [0.25, 0.3) is 0 Å². The third kappa shape index (κ3) is 3.68. The molecule has 0 aliphatic carbocycles. The van der Waals surface area contributed by atoms with Crippen LogP contribution in [0.2, 0.25) is 0 Å². The summed E-state index contributed by atoms with van der Waals surface area (Å²) in [4.78, 5) is 13.5. The van der Waals surface area contributed by atoms with Gasteiger partial charge in [0, 0.05) is 17.0 Å². The second-order valence-corrected chi connectivity index (χ2v) is 9.78. The van der Waals surface area contributed by atoms with E-state index in [0.717, 1.165) is 16.7 Å². The molecule has 4 aromatic heterocycles. The molecular weight excluding hydrogens is 492 g/mol. The Labute approximate surface area is 230 Å². The Morgan fingerprint density at radius 1 is 0.550 bits per heavy atom. The maximum absolute atomic E-state index is 5.84. The minimum atomic E-state index is 0.461. The van der Waals surface area contributed by atoms with Crippen molar-refractivity contribution in [2.24, 2.45) is 0 Å². The van der Waals surface area contributed by atoms with E-state index in [1.165, 1.54) is 33.0 Å². The Morgan fingerprint density at radius 3 is 1.77 bits per heavy atom.